The number of amides is 2. The molecule has 3 aliphatic rings. The van der Waals surface area contributed by atoms with Gasteiger partial charge in [-0.1, -0.05) is 43.0 Å². The van der Waals surface area contributed by atoms with Crippen molar-refractivity contribution in [3.8, 4) is 0 Å². The Bertz CT molecular complexity index is 680. The summed E-state index contributed by atoms with van der Waals surface area (Å²) in [5.41, 5.74) is 0.339. The summed E-state index contributed by atoms with van der Waals surface area (Å²) in [6.45, 7) is 1.71. The molecule has 0 aromatic heterocycles. The zero-order chi connectivity index (χ0) is 17.4. The first kappa shape index (κ1) is 16.9. The molecule has 2 amide bonds. The first-order chi connectivity index (χ1) is 12.1. The van der Waals surface area contributed by atoms with Crippen LogP contribution in [0, 0.1) is 5.92 Å². The molecule has 134 valence electrons. The largest absolute Gasteiger partial charge is 0.333 e. The average molecular weight is 361 g/mol. The predicted molar refractivity (Wildman–Crippen MR) is 97.6 cm³/mol. The van der Waals surface area contributed by atoms with Crippen molar-refractivity contribution in [2.45, 2.75) is 50.5 Å². The van der Waals surface area contributed by atoms with E-state index in [1.807, 2.05) is 12.1 Å². The van der Waals surface area contributed by atoms with E-state index in [1.54, 1.807) is 17.0 Å². The number of nitrogens with zero attached hydrogens (tertiary/aromatic N) is 2. The summed E-state index contributed by atoms with van der Waals surface area (Å²) in [4.78, 5) is 29.8. The number of hydrogen-bond acceptors (Lipinski definition) is 2. The van der Waals surface area contributed by atoms with Crippen molar-refractivity contribution < 1.29 is 9.59 Å². The fourth-order valence-corrected chi connectivity index (χ4v) is 4.67. The van der Waals surface area contributed by atoms with E-state index >= 15 is 0 Å². The Morgan fingerprint density at radius 3 is 2.56 bits per heavy atom. The molecule has 0 bridgehead atoms. The Hall–Kier alpha value is -1.55. The van der Waals surface area contributed by atoms with E-state index in [0.29, 0.717) is 23.0 Å². The summed E-state index contributed by atoms with van der Waals surface area (Å²) in [6.07, 6.45) is 8.01. The van der Waals surface area contributed by atoms with Crippen LogP contribution in [0.2, 0.25) is 5.02 Å². The minimum Gasteiger partial charge on any atom is -0.333 e. The SMILES string of the molecule is O=C(c1ccccc1Cl)N1CC(=O)N(CC2CC2)C2(CCCCC2)C1. The molecule has 2 aliphatic carbocycles. The normalized spacial score (nSPS) is 23.2. The molecule has 1 spiro atoms. The number of rotatable bonds is 3. The predicted octanol–water partition coefficient (Wildman–Crippen LogP) is 3.74. The highest BCUT2D eigenvalue weighted by atomic mass is 35.5. The van der Waals surface area contributed by atoms with Gasteiger partial charge in [0, 0.05) is 13.1 Å². The van der Waals surface area contributed by atoms with Gasteiger partial charge in [-0.15, -0.1) is 0 Å². The summed E-state index contributed by atoms with van der Waals surface area (Å²) in [5.74, 6) is 0.670. The van der Waals surface area contributed by atoms with E-state index in [0.717, 1.165) is 32.2 Å². The van der Waals surface area contributed by atoms with Crippen molar-refractivity contribution in [1.82, 2.24) is 9.80 Å². The monoisotopic (exact) mass is 360 g/mol. The molecule has 5 heteroatoms. The molecule has 4 nitrogen and oxygen atoms in total. The molecule has 25 heavy (non-hydrogen) atoms. The zero-order valence-corrected chi connectivity index (χ0v) is 15.3. The second-order valence-corrected chi connectivity index (χ2v) is 8.28. The number of piperazine rings is 1. The summed E-state index contributed by atoms with van der Waals surface area (Å²) in [6, 6.07) is 7.12. The third-order valence-electron chi connectivity index (χ3n) is 6.00. The summed E-state index contributed by atoms with van der Waals surface area (Å²) >= 11 is 6.21. The number of halogens is 1. The Kier molecular flexibility index (Phi) is 4.48. The molecule has 0 N–H and O–H groups in total. The molecule has 1 saturated heterocycles. The van der Waals surface area contributed by atoms with Crippen LogP contribution in [0.5, 0.6) is 0 Å². The number of hydrogen-bond donors (Lipinski definition) is 0. The molecule has 2 saturated carbocycles. The van der Waals surface area contributed by atoms with Crippen LogP contribution in [0.1, 0.15) is 55.3 Å². The number of benzene rings is 1. The Morgan fingerprint density at radius 2 is 1.88 bits per heavy atom. The van der Waals surface area contributed by atoms with Gasteiger partial charge in [0.25, 0.3) is 5.91 Å². The van der Waals surface area contributed by atoms with Gasteiger partial charge in [0.2, 0.25) is 5.91 Å². The third-order valence-corrected chi connectivity index (χ3v) is 6.33. The number of carbonyl (C=O) groups is 2. The Balaban J connectivity index is 1.60. The van der Waals surface area contributed by atoms with Crippen LogP contribution in [0.3, 0.4) is 0 Å². The van der Waals surface area contributed by atoms with Gasteiger partial charge in [0.05, 0.1) is 16.1 Å². The van der Waals surface area contributed by atoms with Crippen LogP contribution >= 0.6 is 11.6 Å². The lowest BCUT2D eigenvalue weighted by molar-refractivity contribution is -0.147. The summed E-state index contributed by atoms with van der Waals surface area (Å²) < 4.78 is 0. The highest BCUT2D eigenvalue weighted by Crippen LogP contribution is 2.40. The van der Waals surface area contributed by atoms with E-state index in [9.17, 15) is 9.59 Å². The van der Waals surface area contributed by atoms with E-state index in [1.165, 1.54) is 19.3 Å². The Morgan fingerprint density at radius 1 is 1.16 bits per heavy atom. The van der Waals surface area contributed by atoms with Crippen molar-refractivity contribution in [1.29, 1.82) is 0 Å². The van der Waals surface area contributed by atoms with Crippen LogP contribution in [-0.4, -0.2) is 46.8 Å². The summed E-state index contributed by atoms with van der Waals surface area (Å²) in [7, 11) is 0. The van der Waals surface area contributed by atoms with Crippen molar-refractivity contribution in [2.75, 3.05) is 19.6 Å². The van der Waals surface area contributed by atoms with Gasteiger partial charge in [-0.05, 0) is 43.7 Å². The van der Waals surface area contributed by atoms with Gasteiger partial charge in [-0.25, -0.2) is 0 Å². The van der Waals surface area contributed by atoms with Crippen molar-refractivity contribution in [2.24, 2.45) is 5.92 Å². The summed E-state index contributed by atoms with van der Waals surface area (Å²) in [5, 5.41) is 0.457. The first-order valence-electron chi connectivity index (χ1n) is 9.43. The molecule has 3 fully saturated rings. The maximum absolute atomic E-state index is 13.0. The van der Waals surface area contributed by atoms with Gasteiger partial charge in [0.15, 0.2) is 0 Å². The molecular formula is C20H25ClN2O2. The molecular weight excluding hydrogens is 336 g/mol. The van der Waals surface area contributed by atoms with Gasteiger partial charge >= 0.3 is 0 Å². The van der Waals surface area contributed by atoms with Gasteiger partial charge < -0.3 is 9.80 Å². The lowest BCUT2D eigenvalue weighted by atomic mass is 9.78. The van der Waals surface area contributed by atoms with E-state index in [-0.39, 0.29) is 23.9 Å². The van der Waals surface area contributed by atoms with Gasteiger partial charge in [-0.3, -0.25) is 9.59 Å². The van der Waals surface area contributed by atoms with Crippen molar-refractivity contribution in [3.05, 3.63) is 34.9 Å². The van der Waals surface area contributed by atoms with Crippen LogP contribution in [-0.2, 0) is 4.79 Å². The maximum Gasteiger partial charge on any atom is 0.255 e. The topological polar surface area (TPSA) is 40.6 Å². The fraction of sp³-hybridized carbons (Fsp3) is 0.600. The van der Waals surface area contributed by atoms with Crippen LogP contribution < -0.4 is 0 Å². The minimum atomic E-state index is -0.160. The maximum atomic E-state index is 13.0. The fourth-order valence-electron chi connectivity index (χ4n) is 4.45. The molecule has 1 aliphatic heterocycles. The molecule has 0 unspecified atom stereocenters. The van der Waals surface area contributed by atoms with E-state index in [4.69, 9.17) is 11.6 Å². The molecule has 1 aromatic carbocycles. The first-order valence-corrected chi connectivity index (χ1v) is 9.81. The quantitative estimate of drug-likeness (QED) is 0.823. The smallest absolute Gasteiger partial charge is 0.255 e. The highest BCUT2D eigenvalue weighted by molar-refractivity contribution is 6.33. The second-order valence-electron chi connectivity index (χ2n) is 7.87. The van der Waals surface area contributed by atoms with Crippen molar-refractivity contribution >= 4 is 23.4 Å². The van der Waals surface area contributed by atoms with Crippen LogP contribution in [0.4, 0.5) is 0 Å². The minimum absolute atomic E-state index is 0.112. The third kappa shape index (κ3) is 3.29. The molecule has 1 aromatic rings. The highest BCUT2D eigenvalue weighted by Gasteiger charge is 2.48. The van der Waals surface area contributed by atoms with Crippen LogP contribution in [0.15, 0.2) is 24.3 Å². The standard InChI is InChI=1S/C20H25ClN2O2/c21-17-7-3-2-6-16(17)19(25)22-13-18(24)23(12-15-8-9-15)20(14-22)10-4-1-5-11-20/h2-3,6-7,15H,1,4-5,8-14H2. The van der Waals surface area contributed by atoms with E-state index < -0.39 is 0 Å². The zero-order valence-electron chi connectivity index (χ0n) is 14.5. The van der Waals surface area contributed by atoms with Crippen LogP contribution in [0.25, 0.3) is 0 Å². The Labute approximate surface area is 154 Å². The lowest BCUT2D eigenvalue weighted by Crippen LogP contribution is -2.66. The molecule has 1 heterocycles. The van der Waals surface area contributed by atoms with Gasteiger partial charge in [-0.2, -0.15) is 0 Å². The molecule has 4 rings (SSSR count). The van der Waals surface area contributed by atoms with Crippen molar-refractivity contribution in [3.63, 3.8) is 0 Å². The molecule has 0 atom stereocenters. The van der Waals surface area contributed by atoms with E-state index in [2.05, 4.69) is 4.90 Å². The lowest BCUT2D eigenvalue weighted by Gasteiger charge is -2.52. The molecule has 0 radical (unpaired) electrons. The number of carbonyl (C=O) groups excluding carboxylic acids is 2. The average Bonchev–Trinajstić information content (AvgIpc) is 3.43. The van der Waals surface area contributed by atoms with Gasteiger partial charge in [0.1, 0.15) is 6.54 Å². The second kappa shape index (κ2) is 6.64.